The monoisotopic (exact) mass is 358 g/mol. The number of likely N-dealkylation sites (tertiary alicyclic amines) is 1. The summed E-state index contributed by atoms with van der Waals surface area (Å²) >= 11 is 1.49. The summed E-state index contributed by atoms with van der Waals surface area (Å²) < 4.78 is 7.09. The number of aryl methyl sites for hydroxylation is 1. The SMILES string of the molecule is CCc1nn2c(=O)cc(CN3CCCCC[C@H]3c3ccco3)nc2s1. The van der Waals surface area contributed by atoms with Crippen LogP contribution in [0.4, 0.5) is 0 Å². The molecule has 132 valence electrons. The Kier molecular flexibility index (Phi) is 4.67. The van der Waals surface area contributed by atoms with Crippen molar-refractivity contribution in [1.29, 1.82) is 0 Å². The van der Waals surface area contributed by atoms with E-state index in [2.05, 4.69) is 10.00 Å². The van der Waals surface area contributed by atoms with Gasteiger partial charge in [0.15, 0.2) is 0 Å². The van der Waals surface area contributed by atoms with Gasteiger partial charge in [0.1, 0.15) is 10.8 Å². The average molecular weight is 358 g/mol. The molecule has 0 radical (unpaired) electrons. The summed E-state index contributed by atoms with van der Waals surface area (Å²) in [6.07, 6.45) is 7.23. The number of fused-ring (bicyclic) bond motifs is 1. The highest BCUT2D eigenvalue weighted by molar-refractivity contribution is 7.16. The second-order valence-electron chi connectivity index (χ2n) is 6.48. The molecule has 0 N–H and O–H groups in total. The van der Waals surface area contributed by atoms with E-state index < -0.39 is 0 Å². The second kappa shape index (κ2) is 7.09. The van der Waals surface area contributed by atoms with Crippen molar-refractivity contribution >= 4 is 16.3 Å². The van der Waals surface area contributed by atoms with Gasteiger partial charge in [-0.15, -0.1) is 0 Å². The van der Waals surface area contributed by atoms with Gasteiger partial charge in [-0.1, -0.05) is 31.1 Å². The molecule has 0 aliphatic carbocycles. The standard InChI is InChI=1S/C18H22N4O2S/c1-2-16-20-22-17(23)11-13(19-18(22)25-16)12-21-9-5-3-4-7-14(21)15-8-6-10-24-15/h6,8,10-11,14H,2-5,7,9,12H2,1H3/t14-/m0/s1. The quantitative estimate of drug-likeness (QED) is 0.715. The fourth-order valence-corrected chi connectivity index (χ4v) is 4.35. The van der Waals surface area contributed by atoms with Gasteiger partial charge in [0, 0.05) is 12.6 Å². The Balaban J connectivity index is 1.64. The molecule has 0 amide bonds. The van der Waals surface area contributed by atoms with Crippen LogP contribution in [0.2, 0.25) is 0 Å². The van der Waals surface area contributed by atoms with Gasteiger partial charge in [-0.05, 0) is 37.9 Å². The largest absolute Gasteiger partial charge is 0.468 e. The molecule has 0 bridgehead atoms. The van der Waals surface area contributed by atoms with Crippen LogP contribution in [0.15, 0.2) is 33.7 Å². The van der Waals surface area contributed by atoms with Gasteiger partial charge >= 0.3 is 0 Å². The van der Waals surface area contributed by atoms with Gasteiger partial charge in [0.2, 0.25) is 4.96 Å². The fourth-order valence-electron chi connectivity index (χ4n) is 3.49. The average Bonchev–Trinajstić information content (AvgIpc) is 3.22. The van der Waals surface area contributed by atoms with Crippen molar-refractivity contribution in [2.45, 2.75) is 51.6 Å². The maximum atomic E-state index is 12.4. The zero-order valence-corrected chi connectivity index (χ0v) is 15.2. The molecule has 0 aromatic carbocycles. The number of hydrogen-bond donors (Lipinski definition) is 0. The van der Waals surface area contributed by atoms with E-state index in [4.69, 9.17) is 9.40 Å². The van der Waals surface area contributed by atoms with E-state index in [-0.39, 0.29) is 11.6 Å². The third-order valence-corrected chi connectivity index (χ3v) is 5.80. The third-order valence-electron chi connectivity index (χ3n) is 4.74. The molecule has 7 heteroatoms. The Morgan fingerprint density at radius 2 is 2.28 bits per heavy atom. The summed E-state index contributed by atoms with van der Waals surface area (Å²) in [4.78, 5) is 20.1. The van der Waals surface area contributed by atoms with E-state index >= 15 is 0 Å². The smallest absolute Gasteiger partial charge is 0.275 e. The maximum absolute atomic E-state index is 12.4. The minimum Gasteiger partial charge on any atom is -0.468 e. The molecular weight excluding hydrogens is 336 g/mol. The molecule has 25 heavy (non-hydrogen) atoms. The number of nitrogens with zero attached hydrogens (tertiary/aromatic N) is 4. The first-order chi connectivity index (χ1) is 12.2. The summed E-state index contributed by atoms with van der Waals surface area (Å²) in [5.41, 5.74) is 0.718. The lowest BCUT2D eigenvalue weighted by molar-refractivity contribution is 0.167. The van der Waals surface area contributed by atoms with Crippen LogP contribution in [0.5, 0.6) is 0 Å². The first-order valence-corrected chi connectivity index (χ1v) is 9.72. The summed E-state index contributed by atoms with van der Waals surface area (Å²) in [7, 11) is 0. The number of hydrogen-bond acceptors (Lipinski definition) is 6. The third kappa shape index (κ3) is 3.39. The van der Waals surface area contributed by atoms with Gasteiger partial charge in [-0.2, -0.15) is 9.61 Å². The highest BCUT2D eigenvalue weighted by atomic mass is 32.1. The first-order valence-electron chi connectivity index (χ1n) is 8.90. The van der Waals surface area contributed by atoms with Crippen LogP contribution in [-0.2, 0) is 13.0 Å². The number of rotatable bonds is 4. The predicted molar refractivity (Wildman–Crippen MR) is 96.8 cm³/mol. The summed E-state index contributed by atoms with van der Waals surface area (Å²) in [5, 5.41) is 5.26. The van der Waals surface area contributed by atoms with Crippen molar-refractivity contribution in [1.82, 2.24) is 19.5 Å². The molecule has 0 unspecified atom stereocenters. The van der Waals surface area contributed by atoms with Crippen LogP contribution in [0, 0.1) is 0 Å². The lowest BCUT2D eigenvalue weighted by Crippen LogP contribution is -2.29. The molecule has 1 aliphatic heterocycles. The van der Waals surface area contributed by atoms with Gasteiger partial charge in [0.05, 0.1) is 18.0 Å². The summed E-state index contributed by atoms with van der Waals surface area (Å²) in [5.74, 6) is 1.01. The van der Waals surface area contributed by atoms with E-state index in [1.54, 1.807) is 12.3 Å². The molecular formula is C18H22N4O2S. The summed E-state index contributed by atoms with van der Waals surface area (Å²) in [6, 6.07) is 5.87. The Bertz CT molecular complexity index is 900. The van der Waals surface area contributed by atoms with Gasteiger partial charge in [0.25, 0.3) is 5.56 Å². The van der Waals surface area contributed by atoms with Crippen molar-refractivity contribution in [3.8, 4) is 0 Å². The van der Waals surface area contributed by atoms with Crippen molar-refractivity contribution in [2.75, 3.05) is 6.54 Å². The van der Waals surface area contributed by atoms with E-state index in [0.29, 0.717) is 11.5 Å². The van der Waals surface area contributed by atoms with Crippen LogP contribution in [0.1, 0.15) is 55.1 Å². The lowest BCUT2D eigenvalue weighted by Gasteiger charge is -2.28. The fraction of sp³-hybridized carbons (Fsp3) is 0.500. The molecule has 4 heterocycles. The molecule has 1 saturated heterocycles. The molecule has 6 nitrogen and oxygen atoms in total. The topological polar surface area (TPSA) is 63.6 Å². The van der Waals surface area contributed by atoms with Crippen LogP contribution in [0.3, 0.4) is 0 Å². The molecule has 0 saturated carbocycles. The Hall–Kier alpha value is -1.99. The van der Waals surface area contributed by atoms with Crippen molar-refractivity contribution in [3.05, 3.63) is 51.3 Å². The molecule has 1 fully saturated rings. The van der Waals surface area contributed by atoms with Gasteiger partial charge in [-0.3, -0.25) is 9.69 Å². The summed E-state index contributed by atoms with van der Waals surface area (Å²) in [6.45, 7) is 3.70. The van der Waals surface area contributed by atoms with Crippen LogP contribution in [0.25, 0.3) is 4.96 Å². The van der Waals surface area contributed by atoms with E-state index in [9.17, 15) is 4.79 Å². The maximum Gasteiger partial charge on any atom is 0.275 e. The zero-order chi connectivity index (χ0) is 17.2. The molecule has 0 spiro atoms. The van der Waals surface area contributed by atoms with E-state index in [1.165, 1.54) is 35.1 Å². The minimum atomic E-state index is -0.0969. The predicted octanol–water partition coefficient (Wildman–Crippen LogP) is 3.42. The molecule has 1 aliphatic rings. The molecule has 4 rings (SSSR count). The van der Waals surface area contributed by atoms with Crippen LogP contribution >= 0.6 is 11.3 Å². The van der Waals surface area contributed by atoms with Crippen molar-refractivity contribution < 1.29 is 4.42 Å². The highest BCUT2D eigenvalue weighted by Crippen LogP contribution is 2.31. The Morgan fingerprint density at radius 1 is 1.36 bits per heavy atom. The number of furan rings is 1. The highest BCUT2D eigenvalue weighted by Gasteiger charge is 2.25. The minimum absolute atomic E-state index is 0.0969. The Labute approximate surface area is 150 Å². The van der Waals surface area contributed by atoms with Crippen molar-refractivity contribution in [3.63, 3.8) is 0 Å². The molecule has 3 aromatic rings. The van der Waals surface area contributed by atoms with Gasteiger partial charge < -0.3 is 4.42 Å². The number of aromatic nitrogens is 3. The Morgan fingerprint density at radius 3 is 3.08 bits per heavy atom. The molecule has 1 atom stereocenters. The van der Waals surface area contributed by atoms with E-state index in [1.807, 2.05) is 19.1 Å². The first kappa shape index (κ1) is 16.5. The van der Waals surface area contributed by atoms with Crippen LogP contribution in [-0.4, -0.2) is 26.0 Å². The molecule has 3 aromatic heterocycles. The second-order valence-corrected chi connectivity index (χ2v) is 7.52. The zero-order valence-electron chi connectivity index (χ0n) is 14.4. The lowest BCUT2D eigenvalue weighted by atomic mass is 10.1. The van der Waals surface area contributed by atoms with Crippen molar-refractivity contribution in [2.24, 2.45) is 0 Å². The van der Waals surface area contributed by atoms with Gasteiger partial charge in [-0.25, -0.2) is 4.98 Å². The normalized spacial score (nSPS) is 19.3. The van der Waals surface area contributed by atoms with Crippen LogP contribution < -0.4 is 5.56 Å². The van der Waals surface area contributed by atoms with E-state index in [0.717, 1.165) is 35.8 Å².